The van der Waals surface area contributed by atoms with E-state index in [0.29, 0.717) is 0 Å². The van der Waals surface area contributed by atoms with Crippen LogP contribution in [0, 0.1) is 12.7 Å². The van der Waals surface area contributed by atoms with E-state index in [2.05, 4.69) is 19.0 Å². The maximum atomic E-state index is 12.9. The van der Waals surface area contributed by atoms with Crippen LogP contribution >= 0.6 is 0 Å². The first-order valence-corrected chi connectivity index (χ1v) is 4.99. The van der Waals surface area contributed by atoms with Crippen LogP contribution in [-0.2, 0) is 6.42 Å². The lowest BCUT2D eigenvalue weighted by Gasteiger charge is -2.10. The molecule has 0 saturated carbocycles. The molecular formula is C12H18FN. The van der Waals surface area contributed by atoms with Crippen LogP contribution in [0.15, 0.2) is 18.2 Å². The summed E-state index contributed by atoms with van der Waals surface area (Å²) >= 11 is 0. The average Bonchev–Trinajstić information content (AvgIpc) is 2.10. The van der Waals surface area contributed by atoms with Crippen molar-refractivity contribution in [3.63, 3.8) is 0 Å². The summed E-state index contributed by atoms with van der Waals surface area (Å²) in [6, 6.07) is 5.01. The zero-order valence-corrected chi connectivity index (χ0v) is 9.18. The topological polar surface area (TPSA) is 3.24 Å². The lowest BCUT2D eigenvalue weighted by molar-refractivity contribution is 0.400. The first-order chi connectivity index (χ1) is 6.59. The normalized spacial score (nSPS) is 10.9. The highest BCUT2D eigenvalue weighted by atomic mass is 19.1. The minimum absolute atomic E-state index is 0.129. The fourth-order valence-corrected chi connectivity index (χ4v) is 1.50. The number of halogens is 1. The zero-order valence-electron chi connectivity index (χ0n) is 9.18. The third kappa shape index (κ3) is 3.46. The summed E-state index contributed by atoms with van der Waals surface area (Å²) < 4.78 is 12.9. The SMILES string of the molecule is Cc1ccc(F)cc1CCCN(C)C. The van der Waals surface area contributed by atoms with Gasteiger partial charge in [-0.2, -0.15) is 0 Å². The molecule has 0 amide bonds. The predicted molar refractivity (Wildman–Crippen MR) is 58.0 cm³/mol. The number of hydrogen-bond donors (Lipinski definition) is 0. The van der Waals surface area contributed by atoms with Gasteiger partial charge < -0.3 is 4.90 Å². The number of aryl methyl sites for hydroxylation is 2. The molecule has 0 atom stereocenters. The van der Waals surface area contributed by atoms with Crippen LogP contribution in [-0.4, -0.2) is 25.5 Å². The second-order valence-electron chi connectivity index (χ2n) is 3.98. The van der Waals surface area contributed by atoms with Crippen LogP contribution < -0.4 is 0 Å². The fourth-order valence-electron chi connectivity index (χ4n) is 1.50. The van der Waals surface area contributed by atoms with E-state index in [1.54, 1.807) is 6.07 Å². The van der Waals surface area contributed by atoms with Crippen LogP contribution in [0.3, 0.4) is 0 Å². The minimum atomic E-state index is -0.129. The van der Waals surface area contributed by atoms with E-state index >= 15 is 0 Å². The molecule has 1 nitrogen and oxygen atoms in total. The van der Waals surface area contributed by atoms with Crippen molar-refractivity contribution in [3.05, 3.63) is 35.1 Å². The van der Waals surface area contributed by atoms with Crippen molar-refractivity contribution < 1.29 is 4.39 Å². The van der Waals surface area contributed by atoms with Crippen LogP contribution in [0.2, 0.25) is 0 Å². The summed E-state index contributed by atoms with van der Waals surface area (Å²) in [5.41, 5.74) is 2.32. The average molecular weight is 195 g/mol. The Kier molecular flexibility index (Phi) is 4.08. The molecule has 1 rings (SSSR count). The van der Waals surface area contributed by atoms with Crippen molar-refractivity contribution in [2.45, 2.75) is 19.8 Å². The molecule has 0 bridgehead atoms. The van der Waals surface area contributed by atoms with Gasteiger partial charge in [-0.25, -0.2) is 4.39 Å². The van der Waals surface area contributed by atoms with Crippen molar-refractivity contribution in [1.82, 2.24) is 4.90 Å². The van der Waals surface area contributed by atoms with E-state index in [4.69, 9.17) is 0 Å². The summed E-state index contributed by atoms with van der Waals surface area (Å²) in [5, 5.41) is 0. The maximum absolute atomic E-state index is 12.9. The maximum Gasteiger partial charge on any atom is 0.123 e. The smallest absolute Gasteiger partial charge is 0.123 e. The van der Waals surface area contributed by atoms with E-state index in [9.17, 15) is 4.39 Å². The molecule has 0 aromatic heterocycles. The van der Waals surface area contributed by atoms with Gasteiger partial charge in [0.1, 0.15) is 5.82 Å². The Labute approximate surface area is 85.5 Å². The first-order valence-electron chi connectivity index (χ1n) is 4.99. The molecule has 0 fully saturated rings. The summed E-state index contributed by atoms with van der Waals surface area (Å²) in [7, 11) is 4.11. The summed E-state index contributed by atoms with van der Waals surface area (Å²) in [5.74, 6) is -0.129. The molecule has 0 unspecified atom stereocenters. The van der Waals surface area contributed by atoms with Gasteiger partial charge in [-0.3, -0.25) is 0 Å². The highest BCUT2D eigenvalue weighted by Crippen LogP contribution is 2.12. The van der Waals surface area contributed by atoms with Crippen molar-refractivity contribution in [2.24, 2.45) is 0 Å². The number of rotatable bonds is 4. The second kappa shape index (κ2) is 5.11. The Hall–Kier alpha value is -0.890. The number of hydrogen-bond acceptors (Lipinski definition) is 1. The zero-order chi connectivity index (χ0) is 10.6. The molecule has 0 N–H and O–H groups in total. The highest BCUT2D eigenvalue weighted by molar-refractivity contribution is 5.26. The summed E-state index contributed by atoms with van der Waals surface area (Å²) in [6.45, 7) is 3.08. The highest BCUT2D eigenvalue weighted by Gasteiger charge is 2.00. The Bertz CT molecular complexity index is 294. The van der Waals surface area contributed by atoms with Crippen LogP contribution in [0.25, 0.3) is 0 Å². The monoisotopic (exact) mass is 195 g/mol. The Morgan fingerprint density at radius 3 is 2.64 bits per heavy atom. The van der Waals surface area contributed by atoms with E-state index in [1.165, 1.54) is 11.6 Å². The van der Waals surface area contributed by atoms with E-state index in [1.807, 2.05) is 13.0 Å². The van der Waals surface area contributed by atoms with Crippen LogP contribution in [0.4, 0.5) is 4.39 Å². The molecule has 1 aromatic rings. The molecule has 14 heavy (non-hydrogen) atoms. The Balaban J connectivity index is 2.53. The molecular weight excluding hydrogens is 177 g/mol. The van der Waals surface area contributed by atoms with Crippen molar-refractivity contribution >= 4 is 0 Å². The molecule has 0 spiro atoms. The largest absolute Gasteiger partial charge is 0.309 e. The van der Waals surface area contributed by atoms with E-state index in [0.717, 1.165) is 24.9 Å². The van der Waals surface area contributed by atoms with Crippen LogP contribution in [0.5, 0.6) is 0 Å². The van der Waals surface area contributed by atoms with Crippen molar-refractivity contribution in [1.29, 1.82) is 0 Å². The molecule has 0 aliphatic rings. The predicted octanol–water partition coefficient (Wildman–Crippen LogP) is 2.63. The van der Waals surface area contributed by atoms with E-state index in [-0.39, 0.29) is 5.82 Å². The molecule has 2 heteroatoms. The lowest BCUT2D eigenvalue weighted by atomic mass is 10.0. The standard InChI is InChI=1S/C12H18FN/c1-10-6-7-12(13)9-11(10)5-4-8-14(2)3/h6-7,9H,4-5,8H2,1-3H3. The molecule has 0 aliphatic heterocycles. The third-order valence-corrected chi connectivity index (χ3v) is 2.36. The number of nitrogens with zero attached hydrogens (tertiary/aromatic N) is 1. The Morgan fingerprint density at radius 1 is 1.29 bits per heavy atom. The van der Waals surface area contributed by atoms with Gasteiger partial charge in [0.2, 0.25) is 0 Å². The molecule has 0 heterocycles. The number of benzene rings is 1. The van der Waals surface area contributed by atoms with Crippen LogP contribution in [0.1, 0.15) is 17.5 Å². The molecule has 0 radical (unpaired) electrons. The van der Waals surface area contributed by atoms with Gasteiger partial charge in [0.15, 0.2) is 0 Å². The van der Waals surface area contributed by atoms with Gasteiger partial charge >= 0.3 is 0 Å². The second-order valence-corrected chi connectivity index (χ2v) is 3.98. The fraction of sp³-hybridized carbons (Fsp3) is 0.500. The molecule has 78 valence electrons. The molecule has 1 aromatic carbocycles. The lowest BCUT2D eigenvalue weighted by Crippen LogP contribution is -2.13. The van der Waals surface area contributed by atoms with Crippen molar-refractivity contribution in [2.75, 3.05) is 20.6 Å². The first kappa shape index (κ1) is 11.2. The third-order valence-electron chi connectivity index (χ3n) is 2.36. The van der Waals surface area contributed by atoms with Gasteiger partial charge in [0, 0.05) is 0 Å². The Morgan fingerprint density at radius 2 is 2.00 bits per heavy atom. The summed E-state index contributed by atoms with van der Waals surface area (Å²) in [4.78, 5) is 2.15. The van der Waals surface area contributed by atoms with Gasteiger partial charge in [-0.15, -0.1) is 0 Å². The molecule has 0 aliphatic carbocycles. The van der Waals surface area contributed by atoms with Gasteiger partial charge in [-0.05, 0) is 63.7 Å². The van der Waals surface area contributed by atoms with E-state index < -0.39 is 0 Å². The quantitative estimate of drug-likeness (QED) is 0.714. The minimum Gasteiger partial charge on any atom is -0.309 e. The van der Waals surface area contributed by atoms with Gasteiger partial charge in [0.05, 0.1) is 0 Å². The van der Waals surface area contributed by atoms with Gasteiger partial charge in [-0.1, -0.05) is 6.07 Å². The summed E-state index contributed by atoms with van der Waals surface area (Å²) in [6.07, 6.45) is 2.04. The van der Waals surface area contributed by atoms with Gasteiger partial charge in [0.25, 0.3) is 0 Å². The van der Waals surface area contributed by atoms with Crippen molar-refractivity contribution in [3.8, 4) is 0 Å². The molecule has 0 saturated heterocycles.